The Labute approximate surface area is 123 Å². The Hall–Kier alpha value is -0.610. The van der Waals surface area contributed by atoms with Crippen molar-refractivity contribution >= 4 is 5.91 Å². The van der Waals surface area contributed by atoms with Gasteiger partial charge >= 0.3 is 0 Å². The lowest BCUT2D eigenvalue weighted by Crippen LogP contribution is -2.42. The summed E-state index contributed by atoms with van der Waals surface area (Å²) in [7, 11) is 0. The molecule has 2 heterocycles. The molecule has 4 heteroatoms. The Morgan fingerprint density at radius 2 is 1.85 bits per heavy atom. The molecule has 0 aromatic heterocycles. The minimum absolute atomic E-state index is 0.325. The minimum Gasteiger partial charge on any atom is -0.396 e. The average Bonchev–Trinajstić information content (AvgIpc) is 2.48. The number of aliphatic hydroxyl groups excluding tert-OH is 1. The molecule has 0 bridgehead atoms. The van der Waals surface area contributed by atoms with E-state index in [0.717, 1.165) is 38.8 Å². The summed E-state index contributed by atoms with van der Waals surface area (Å²) in [5.41, 5.74) is 0. The van der Waals surface area contributed by atoms with Crippen molar-refractivity contribution in [2.75, 3.05) is 39.3 Å². The molecular weight excluding hydrogens is 252 g/mol. The third kappa shape index (κ3) is 5.06. The predicted molar refractivity (Wildman–Crippen MR) is 80.5 cm³/mol. The molecule has 1 N–H and O–H groups in total. The molecule has 2 saturated heterocycles. The standard InChI is InChI=1S/C16H30N2O2/c19-13-5-1-3-9-17-11-7-15(8-12-17)14-18-10-4-2-6-16(18)20/h15,19H,1-14H2. The van der Waals surface area contributed by atoms with Crippen LogP contribution in [0.15, 0.2) is 0 Å². The van der Waals surface area contributed by atoms with E-state index < -0.39 is 0 Å². The zero-order valence-corrected chi connectivity index (χ0v) is 12.7. The van der Waals surface area contributed by atoms with E-state index in [2.05, 4.69) is 9.80 Å². The quantitative estimate of drug-likeness (QED) is 0.725. The average molecular weight is 282 g/mol. The van der Waals surface area contributed by atoms with Crippen LogP contribution in [0.3, 0.4) is 0 Å². The summed E-state index contributed by atoms with van der Waals surface area (Å²) in [6, 6.07) is 0. The van der Waals surface area contributed by atoms with Gasteiger partial charge in [-0.15, -0.1) is 0 Å². The molecule has 0 spiro atoms. The molecule has 0 radical (unpaired) electrons. The minimum atomic E-state index is 0.325. The van der Waals surface area contributed by atoms with Crippen LogP contribution in [0, 0.1) is 5.92 Å². The third-order valence-electron chi connectivity index (χ3n) is 4.74. The van der Waals surface area contributed by atoms with E-state index in [1.807, 2.05) is 0 Å². The van der Waals surface area contributed by atoms with Gasteiger partial charge in [-0.25, -0.2) is 0 Å². The molecular formula is C16H30N2O2. The van der Waals surface area contributed by atoms with E-state index in [-0.39, 0.29) is 0 Å². The van der Waals surface area contributed by atoms with E-state index in [1.54, 1.807) is 0 Å². The largest absolute Gasteiger partial charge is 0.396 e. The number of nitrogens with zero attached hydrogens (tertiary/aromatic N) is 2. The number of aliphatic hydroxyl groups is 1. The van der Waals surface area contributed by atoms with Crippen LogP contribution >= 0.6 is 0 Å². The maximum atomic E-state index is 11.8. The van der Waals surface area contributed by atoms with Gasteiger partial charge in [0.25, 0.3) is 0 Å². The monoisotopic (exact) mass is 282 g/mol. The predicted octanol–water partition coefficient (Wildman–Crippen LogP) is 1.87. The summed E-state index contributed by atoms with van der Waals surface area (Å²) in [6.07, 6.45) is 8.80. The van der Waals surface area contributed by atoms with Crippen LogP contribution in [-0.2, 0) is 4.79 Å². The molecule has 4 nitrogen and oxygen atoms in total. The lowest BCUT2D eigenvalue weighted by molar-refractivity contribution is -0.134. The van der Waals surface area contributed by atoms with Crippen LogP contribution in [0.25, 0.3) is 0 Å². The molecule has 2 aliphatic heterocycles. The van der Waals surface area contributed by atoms with Gasteiger partial charge in [-0.1, -0.05) is 0 Å². The molecule has 0 aromatic carbocycles. The second-order valence-electron chi connectivity index (χ2n) is 6.37. The van der Waals surface area contributed by atoms with Crippen molar-refractivity contribution in [2.24, 2.45) is 5.92 Å². The highest BCUT2D eigenvalue weighted by Crippen LogP contribution is 2.21. The summed E-state index contributed by atoms with van der Waals surface area (Å²) in [6.45, 7) is 5.86. The first-order chi connectivity index (χ1) is 9.79. The van der Waals surface area contributed by atoms with Gasteiger partial charge in [0.15, 0.2) is 0 Å². The van der Waals surface area contributed by atoms with Gasteiger partial charge in [-0.3, -0.25) is 4.79 Å². The fraction of sp³-hybridized carbons (Fsp3) is 0.938. The Bertz CT molecular complexity index is 288. The lowest BCUT2D eigenvalue weighted by Gasteiger charge is -2.36. The van der Waals surface area contributed by atoms with Gasteiger partial charge in [0.05, 0.1) is 0 Å². The highest BCUT2D eigenvalue weighted by atomic mass is 16.2. The number of carbonyl (C=O) groups excluding carboxylic acids is 1. The first-order valence-electron chi connectivity index (χ1n) is 8.40. The molecule has 116 valence electrons. The first-order valence-corrected chi connectivity index (χ1v) is 8.40. The number of hydrogen-bond donors (Lipinski definition) is 1. The van der Waals surface area contributed by atoms with E-state index in [0.29, 0.717) is 18.4 Å². The van der Waals surface area contributed by atoms with Crippen molar-refractivity contribution in [3.8, 4) is 0 Å². The molecule has 2 rings (SSSR count). The van der Waals surface area contributed by atoms with Gasteiger partial charge in [-0.2, -0.15) is 0 Å². The van der Waals surface area contributed by atoms with Crippen LogP contribution in [0.1, 0.15) is 51.4 Å². The normalized spacial score (nSPS) is 22.4. The highest BCUT2D eigenvalue weighted by molar-refractivity contribution is 5.76. The molecule has 0 atom stereocenters. The van der Waals surface area contributed by atoms with Crippen molar-refractivity contribution in [3.05, 3.63) is 0 Å². The molecule has 0 aliphatic carbocycles. The van der Waals surface area contributed by atoms with Gasteiger partial charge in [-0.05, 0) is 70.5 Å². The summed E-state index contributed by atoms with van der Waals surface area (Å²) in [5, 5.41) is 8.77. The molecule has 0 unspecified atom stereocenters. The van der Waals surface area contributed by atoms with E-state index in [1.165, 1.54) is 45.3 Å². The first kappa shape index (κ1) is 15.8. The van der Waals surface area contributed by atoms with Crippen LogP contribution < -0.4 is 0 Å². The summed E-state index contributed by atoms with van der Waals surface area (Å²) < 4.78 is 0. The van der Waals surface area contributed by atoms with Gasteiger partial charge < -0.3 is 14.9 Å². The number of carbonyl (C=O) groups is 1. The van der Waals surface area contributed by atoms with Crippen LogP contribution in [-0.4, -0.2) is 60.1 Å². The Morgan fingerprint density at radius 1 is 1.05 bits per heavy atom. The number of piperidine rings is 2. The van der Waals surface area contributed by atoms with Crippen molar-refractivity contribution in [2.45, 2.75) is 51.4 Å². The number of amides is 1. The zero-order valence-electron chi connectivity index (χ0n) is 12.7. The Kier molecular flexibility index (Phi) is 6.80. The van der Waals surface area contributed by atoms with Crippen molar-refractivity contribution < 1.29 is 9.90 Å². The number of likely N-dealkylation sites (tertiary alicyclic amines) is 2. The van der Waals surface area contributed by atoms with Crippen LogP contribution in [0.4, 0.5) is 0 Å². The topological polar surface area (TPSA) is 43.8 Å². The van der Waals surface area contributed by atoms with Crippen LogP contribution in [0.2, 0.25) is 0 Å². The second kappa shape index (κ2) is 8.63. The molecule has 2 aliphatic rings. The van der Waals surface area contributed by atoms with Gasteiger partial charge in [0.2, 0.25) is 5.91 Å². The Morgan fingerprint density at radius 3 is 2.55 bits per heavy atom. The molecule has 0 aromatic rings. The summed E-state index contributed by atoms with van der Waals surface area (Å²) in [4.78, 5) is 16.5. The SMILES string of the molecule is O=C1CCCCN1CC1CCN(CCCCCO)CC1. The molecule has 0 saturated carbocycles. The maximum absolute atomic E-state index is 11.8. The maximum Gasteiger partial charge on any atom is 0.222 e. The molecule has 20 heavy (non-hydrogen) atoms. The number of unbranched alkanes of at least 4 members (excludes halogenated alkanes) is 2. The summed E-state index contributed by atoms with van der Waals surface area (Å²) >= 11 is 0. The highest BCUT2D eigenvalue weighted by Gasteiger charge is 2.24. The van der Waals surface area contributed by atoms with Crippen molar-refractivity contribution in [3.63, 3.8) is 0 Å². The summed E-state index contributed by atoms with van der Waals surface area (Å²) in [5.74, 6) is 1.09. The third-order valence-corrected chi connectivity index (χ3v) is 4.74. The fourth-order valence-electron chi connectivity index (χ4n) is 3.38. The second-order valence-corrected chi connectivity index (χ2v) is 6.37. The number of rotatable bonds is 7. The van der Waals surface area contributed by atoms with Crippen molar-refractivity contribution in [1.29, 1.82) is 0 Å². The van der Waals surface area contributed by atoms with Gasteiger partial charge in [0.1, 0.15) is 0 Å². The van der Waals surface area contributed by atoms with E-state index in [4.69, 9.17) is 5.11 Å². The van der Waals surface area contributed by atoms with Gasteiger partial charge in [0, 0.05) is 26.1 Å². The Balaban J connectivity index is 1.60. The van der Waals surface area contributed by atoms with E-state index >= 15 is 0 Å². The van der Waals surface area contributed by atoms with Crippen molar-refractivity contribution in [1.82, 2.24) is 9.80 Å². The molecule has 1 amide bonds. The number of hydrogen-bond acceptors (Lipinski definition) is 3. The lowest BCUT2D eigenvalue weighted by atomic mass is 9.95. The fourth-order valence-corrected chi connectivity index (χ4v) is 3.38. The van der Waals surface area contributed by atoms with Crippen LogP contribution in [0.5, 0.6) is 0 Å². The zero-order chi connectivity index (χ0) is 14.2. The molecule has 2 fully saturated rings. The smallest absolute Gasteiger partial charge is 0.222 e. The van der Waals surface area contributed by atoms with E-state index in [9.17, 15) is 4.79 Å².